The van der Waals surface area contributed by atoms with Crippen molar-refractivity contribution in [3.8, 4) is 17.0 Å². The predicted molar refractivity (Wildman–Crippen MR) is 152 cm³/mol. The molecule has 2 saturated heterocycles. The van der Waals surface area contributed by atoms with E-state index in [9.17, 15) is 4.79 Å². The fourth-order valence-electron chi connectivity index (χ4n) is 6.78. The van der Waals surface area contributed by atoms with Gasteiger partial charge in [-0.1, -0.05) is 12.8 Å². The number of hydrogen-bond acceptors (Lipinski definition) is 8. The Morgan fingerprint density at radius 2 is 1.90 bits per heavy atom. The highest BCUT2D eigenvalue weighted by Crippen LogP contribution is 2.40. The third-order valence-electron chi connectivity index (χ3n) is 8.79. The van der Waals surface area contributed by atoms with Crippen molar-refractivity contribution in [2.24, 2.45) is 0 Å². The van der Waals surface area contributed by atoms with E-state index in [4.69, 9.17) is 9.72 Å². The van der Waals surface area contributed by atoms with E-state index in [-0.39, 0.29) is 5.91 Å². The number of ether oxygens (including phenoxy) is 1. The number of piperazine rings is 1. The van der Waals surface area contributed by atoms with Crippen molar-refractivity contribution < 1.29 is 9.53 Å². The largest absolute Gasteiger partial charge is 0.474 e. The maximum absolute atomic E-state index is 12.2. The summed E-state index contributed by atoms with van der Waals surface area (Å²) in [6.45, 7) is 8.01. The second kappa shape index (κ2) is 9.19. The molecule has 0 radical (unpaired) electrons. The number of fused-ring (bicyclic) bond motifs is 3. The third kappa shape index (κ3) is 4.38. The number of amides is 1. The van der Waals surface area contributed by atoms with Gasteiger partial charge in [-0.05, 0) is 75.9 Å². The number of aryl methyl sites for hydroxylation is 1. The number of carbonyl (C=O) groups is 1. The number of hydrogen-bond donors (Lipinski definition) is 2. The number of rotatable bonds is 5. The smallest absolute Gasteiger partial charge is 0.269 e. The van der Waals surface area contributed by atoms with E-state index in [2.05, 4.69) is 55.5 Å². The van der Waals surface area contributed by atoms with Gasteiger partial charge in [0.2, 0.25) is 5.95 Å². The molecule has 9 heteroatoms. The monoisotopic (exact) mass is 525 g/mol. The van der Waals surface area contributed by atoms with Gasteiger partial charge in [0.15, 0.2) is 17.2 Å². The van der Waals surface area contributed by atoms with Crippen LogP contribution in [0.3, 0.4) is 0 Å². The number of carbonyl (C=O) groups excluding carboxylic acids is 1. The van der Waals surface area contributed by atoms with Crippen molar-refractivity contribution in [1.82, 2.24) is 19.9 Å². The first-order valence-electron chi connectivity index (χ1n) is 14.1. The molecule has 3 aromatic rings. The molecule has 0 spiro atoms. The number of pyridine rings is 1. The molecule has 2 atom stereocenters. The summed E-state index contributed by atoms with van der Waals surface area (Å²) in [4.78, 5) is 31.1. The van der Waals surface area contributed by atoms with Crippen molar-refractivity contribution in [2.45, 2.75) is 76.6 Å². The number of nitrogens with one attached hydrogen (secondary N) is 2. The molecule has 202 valence electrons. The van der Waals surface area contributed by atoms with E-state index in [0.717, 1.165) is 23.8 Å². The van der Waals surface area contributed by atoms with Gasteiger partial charge in [-0.3, -0.25) is 9.69 Å². The Kier molecular flexibility index (Phi) is 5.73. The van der Waals surface area contributed by atoms with E-state index < -0.39 is 5.60 Å². The minimum Gasteiger partial charge on any atom is -0.474 e. The van der Waals surface area contributed by atoms with Crippen molar-refractivity contribution in [3.63, 3.8) is 0 Å². The summed E-state index contributed by atoms with van der Waals surface area (Å²) in [5.74, 6) is 1.25. The van der Waals surface area contributed by atoms with Crippen LogP contribution in [0.15, 0.2) is 42.7 Å². The second-order valence-corrected chi connectivity index (χ2v) is 11.9. The van der Waals surface area contributed by atoms with Gasteiger partial charge in [-0.15, -0.1) is 0 Å². The molecule has 1 saturated carbocycles. The zero-order valence-electron chi connectivity index (χ0n) is 22.8. The van der Waals surface area contributed by atoms with Crippen LogP contribution in [0.1, 0.15) is 51.5 Å². The Morgan fingerprint density at radius 1 is 1.05 bits per heavy atom. The first-order chi connectivity index (χ1) is 18.8. The quantitative estimate of drug-likeness (QED) is 0.485. The zero-order chi connectivity index (χ0) is 26.7. The molecule has 39 heavy (non-hydrogen) atoms. The normalized spacial score (nSPS) is 24.0. The molecule has 2 bridgehead atoms. The molecule has 9 nitrogen and oxygen atoms in total. The molecule has 1 amide bonds. The summed E-state index contributed by atoms with van der Waals surface area (Å²) in [6.07, 6.45) is 10.3. The van der Waals surface area contributed by atoms with Crippen LogP contribution in [0.5, 0.6) is 5.75 Å². The van der Waals surface area contributed by atoms with Gasteiger partial charge in [0, 0.05) is 60.5 Å². The summed E-state index contributed by atoms with van der Waals surface area (Å²) in [7, 11) is 0. The van der Waals surface area contributed by atoms with Crippen LogP contribution in [0.25, 0.3) is 11.3 Å². The van der Waals surface area contributed by atoms with Crippen molar-refractivity contribution in [2.75, 3.05) is 28.6 Å². The van der Waals surface area contributed by atoms with E-state index >= 15 is 0 Å². The maximum Gasteiger partial charge on any atom is 0.269 e. The van der Waals surface area contributed by atoms with Crippen molar-refractivity contribution >= 4 is 29.0 Å². The van der Waals surface area contributed by atoms with E-state index in [1.165, 1.54) is 49.9 Å². The number of benzene rings is 1. The number of likely N-dealkylation sites (tertiary alicyclic amines) is 1. The zero-order valence-corrected chi connectivity index (χ0v) is 22.8. The highest BCUT2D eigenvalue weighted by Gasteiger charge is 2.46. The van der Waals surface area contributed by atoms with Crippen LogP contribution in [-0.4, -0.2) is 62.6 Å². The first-order valence-corrected chi connectivity index (χ1v) is 14.1. The van der Waals surface area contributed by atoms with Crippen molar-refractivity contribution in [3.05, 3.63) is 48.3 Å². The second-order valence-electron chi connectivity index (χ2n) is 11.9. The van der Waals surface area contributed by atoms with E-state index in [1.54, 1.807) is 26.2 Å². The number of nitrogens with zero attached hydrogens (tertiary/aromatic N) is 5. The van der Waals surface area contributed by atoms with Gasteiger partial charge < -0.3 is 20.3 Å². The lowest BCUT2D eigenvalue weighted by molar-refractivity contribution is -0.129. The Hall–Kier alpha value is -3.72. The topological polar surface area (TPSA) is 95.5 Å². The van der Waals surface area contributed by atoms with Crippen LogP contribution in [-0.2, 0) is 4.79 Å². The summed E-state index contributed by atoms with van der Waals surface area (Å²) < 4.78 is 5.90. The fourth-order valence-corrected chi connectivity index (χ4v) is 6.78. The molecule has 3 fully saturated rings. The van der Waals surface area contributed by atoms with Gasteiger partial charge in [0.05, 0.1) is 5.69 Å². The summed E-state index contributed by atoms with van der Waals surface area (Å²) >= 11 is 0. The molecule has 3 aliphatic heterocycles. The molecule has 5 heterocycles. The average Bonchev–Trinajstić information content (AvgIpc) is 3.67. The van der Waals surface area contributed by atoms with E-state index in [1.807, 2.05) is 12.1 Å². The molecule has 7 rings (SSSR count). The molecule has 1 aromatic carbocycles. The van der Waals surface area contributed by atoms with Crippen LogP contribution in [0.4, 0.5) is 23.1 Å². The lowest BCUT2D eigenvalue weighted by atomic mass is 10.1. The van der Waals surface area contributed by atoms with Gasteiger partial charge >= 0.3 is 0 Å². The molecule has 4 aliphatic rings. The molecular formula is C30H35N7O2. The average molecular weight is 526 g/mol. The third-order valence-corrected chi connectivity index (χ3v) is 8.79. The Balaban J connectivity index is 1.06. The highest BCUT2D eigenvalue weighted by atomic mass is 16.5. The lowest BCUT2D eigenvalue weighted by Gasteiger charge is -2.39. The summed E-state index contributed by atoms with van der Waals surface area (Å²) in [5, 5.41) is 6.17. The standard InChI is InChI=1S/C30H35N7O2/c1-18-12-20(8-9-25(18)37-17-22-14-23(37)16-36(22)21-6-4-5-7-21)33-29-31-11-10-24(34-29)19-13-26-27(32-15-19)35-28(38)30(2,3)39-26/h8-13,15,21-23H,4-7,14,16-17H2,1-3H3,(H,31,33,34)(H,32,35,38). The maximum atomic E-state index is 12.2. The first kappa shape index (κ1) is 24.3. The summed E-state index contributed by atoms with van der Waals surface area (Å²) in [6, 6.07) is 12.4. The Labute approximate surface area is 229 Å². The minimum atomic E-state index is -0.959. The van der Waals surface area contributed by atoms with Crippen LogP contribution >= 0.6 is 0 Å². The minimum absolute atomic E-state index is 0.214. The fraction of sp³-hybridized carbons (Fsp3) is 0.467. The van der Waals surface area contributed by atoms with Gasteiger partial charge in [-0.2, -0.15) is 0 Å². The Morgan fingerprint density at radius 3 is 2.67 bits per heavy atom. The van der Waals surface area contributed by atoms with Gasteiger partial charge in [-0.25, -0.2) is 15.0 Å². The lowest BCUT2D eigenvalue weighted by Crippen LogP contribution is -2.50. The highest BCUT2D eigenvalue weighted by molar-refractivity contribution is 5.99. The van der Waals surface area contributed by atoms with Crippen molar-refractivity contribution in [1.29, 1.82) is 0 Å². The number of anilines is 4. The van der Waals surface area contributed by atoms with Crippen LogP contribution in [0.2, 0.25) is 0 Å². The molecule has 2 unspecified atom stereocenters. The number of aromatic nitrogens is 3. The predicted octanol–water partition coefficient (Wildman–Crippen LogP) is 4.91. The molecule has 2 N–H and O–H groups in total. The van der Waals surface area contributed by atoms with Gasteiger partial charge in [0.1, 0.15) is 0 Å². The van der Waals surface area contributed by atoms with Crippen LogP contribution < -0.4 is 20.3 Å². The van der Waals surface area contributed by atoms with Crippen LogP contribution in [0, 0.1) is 6.92 Å². The van der Waals surface area contributed by atoms with E-state index in [0.29, 0.717) is 35.3 Å². The summed E-state index contributed by atoms with van der Waals surface area (Å²) in [5.41, 5.74) is 4.10. The SMILES string of the molecule is Cc1cc(Nc2nccc(-c3cnc4c(c3)OC(C)(C)C(=O)N4)n2)ccc1N1CC2CC1CN2C1CCCC1. The van der Waals surface area contributed by atoms with Gasteiger partial charge in [0.25, 0.3) is 5.91 Å². The molecular weight excluding hydrogens is 490 g/mol. The molecule has 1 aliphatic carbocycles. The Bertz CT molecular complexity index is 1430. The molecule has 2 aromatic heterocycles.